The number of nitrogens with one attached hydrogen (secondary N) is 1. The lowest BCUT2D eigenvalue weighted by Gasteiger charge is -2.38. The van der Waals surface area contributed by atoms with Crippen LogP contribution in [0, 0.1) is 5.82 Å². The van der Waals surface area contributed by atoms with Crippen LogP contribution in [0.5, 0.6) is 0 Å². The van der Waals surface area contributed by atoms with Gasteiger partial charge in [0, 0.05) is 38.0 Å². The summed E-state index contributed by atoms with van der Waals surface area (Å²) in [6.45, 7) is 1.72. The first-order chi connectivity index (χ1) is 11.5. The molecule has 0 saturated carbocycles. The maximum atomic E-state index is 13.2. The Labute approximate surface area is 141 Å². The highest BCUT2D eigenvalue weighted by atomic mass is 19.1. The van der Waals surface area contributed by atoms with Crippen molar-refractivity contribution in [1.29, 1.82) is 0 Å². The molecule has 5 nitrogen and oxygen atoms in total. The Hall–Kier alpha value is -1.95. The lowest BCUT2D eigenvalue weighted by atomic mass is 9.74. The highest BCUT2D eigenvalue weighted by molar-refractivity contribution is 5.76. The minimum Gasteiger partial charge on any atom is -0.481 e. The number of carboxylic acids is 1. The van der Waals surface area contributed by atoms with E-state index in [0.29, 0.717) is 39.0 Å². The first-order valence-corrected chi connectivity index (χ1v) is 8.34. The summed E-state index contributed by atoms with van der Waals surface area (Å²) in [5.74, 6) is -1.19. The van der Waals surface area contributed by atoms with E-state index in [2.05, 4.69) is 5.32 Å². The quantitative estimate of drug-likeness (QED) is 0.715. The second-order valence-corrected chi connectivity index (χ2v) is 6.28. The number of amides is 1. The van der Waals surface area contributed by atoms with Crippen LogP contribution < -0.4 is 5.32 Å². The predicted molar refractivity (Wildman–Crippen MR) is 87.2 cm³/mol. The minimum absolute atomic E-state index is 0.0756. The van der Waals surface area contributed by atoms with E-state index in [1.807, 2.05) is 0 Å². The highest BCUT2D eigenvalue weighted by Gasteiger charge is 2.34. The average Bonchev–Trinajstić information content (AvgIpc) is 2.58. The van der Waals surface area contributed by atoms with Crippen LogP contribution in [-0.2, 0) is 19.7 Å². The van der Waals surface area contributed by atoms with Crippen molar-refractivity contribution < 1.29 is 23.8 Å². The molecule has 1 fully saturated rings. The fourth-order valence-corrected chi connectivity index (χ4v) is 3.05. The first-order valence-electron chi connectivity index (χ1n) is 8.34. The standard InChI is InChI=1S/C18H24FNO4/c19-15-7-5-14(6-8-15)18(9-11-24-12-10-18)13-20-16(21)3-1-2-4-17(22)23/h5-8H,1-4,9-13H2,(H,20,21)(H,22,23). The molecule has 0 radical (unpaired) electrons. The minimum atomic E-state index is -0.840. The van der Waals surface area contributed by atoms with E-state index in [4.69, 9.17) is 9.84 Å². The summed E-state index contributed by atoms with van der Waals surface area (Å²) in [6, 6.07) is 6.44. The zero-order valence-electron chi connectivity index (χ0n) is 13.7. The summed E-state index contributed by atoms with van der Waals surface area (Å²) < 4.78 is 18.6. The van der Waals surface area contributed by atoms with Crippen molar-refractivity contribution >= 4 is 11.9 Å². The molecule has 0 spiro atoms. The number of carbonyl (C=O) groups is 2. The van der Waals surface area contributed by atoms with Crippen LogP contribution >= 0.6 is 0 Å². The van der Waals surface area contributed by atoms with Gasteiger partial charge in [-0.3, -0.25) is 9.59 Å². The van der Waals surface area contributed by atoms with E-state index in [9.17, 15) is 14.0 Å². The van der Waals surface area contributed by atoms with Crippen LogP contribution in [0.2, 0.25) is 0 Å². The third-order valence-electron chi connectivity index (χ3n) is 4.57. The lowest BCUT2D eigenvalue weighted by molar-refractivity contribution is -0.137. The second kappa shape index (κ2) is 8.78. The second-order valence-electron chi connectivity index (χ2n) is 6.28. The van der Waals surface area contributed by atoms with Crippen molar-refractivity contribution in [2.75, 3.05) is 19.8 Å². The van der Waals surface area contributed by atoms with Gasteiger partial charge in [0.1, 0.15) is 5.82 Å². The fourth-order valence-electron chi connectivity index (χ4n) is 3.05. The van der Waals surface area contributed by atoms with Gasteiger partial charge in [-0.1, -0.05) is 12.1 Å². The maximum Gasteiger partial charge on any atom is 0.303 e. The molecule has 6 heteroatoms. The fraction of sp³-hybridized carbons (Fsp3) is 0.556. The van der Waals surface area contributed by atoms with Gasteiger partial charge in [0.25, 0.3) is 0 Å². The number of hydrogen-bond acceptors (Lipinski definition) is 3. The van der Waals surface area contributed by atoms with Gasteiger partial charge in [-0.25, -0.2) is 4.39 Å². The Morgan fingerprint density at radius 3 is 2.38 bits per heavy atom. The van der Waals surface area contributed by atoms with Crippen molar-refractivity contribution in [2.24, 2.45) is 0 Å². The number of aliphatic carboxylic acids is 1. The van der Waals surface area contributed by atoms with Crippen molar-refractivity contribution in [3.8, 4) is 0 Å². The van der Waals surface area contributed by atoms with Crippen LogP contribution in [0.3, 0.4) is 0 Å². The van der Waals surface area contributed by atoms with Gasteiger partial charge in [0.15, 0.2) is 0 Å². The zero-order chi connectivity index (χ0) is 17.4. The Bertz CT molecular complexity index is 553. The smallest absolute Gasteiger partial charge is 0.303 e. The van der Waals surface area contributed by atoms with Crippen LogP contribution in [0.1, 0.15) is 44.1 Å². The topological polar surface area (TPSA) is 75.6 Å². The zero-order valence-corrected chi connectivity index (χ0v) is 13.7. The van der Waals surface area contributed by atoms with E-state index in [0.717, 1.165) is 18.4 Å². The molecule has 24 heavy (non-hydrogen) atoms. The molecule has 0 aromatic heterocycles. The molecule has 0 unspecified atom stereocenters. The van der Waals surface area contributed by atoms with Gasteiger partial charge >= 0.3 is 5.97 Å². The van der Waals surface area contributed by atoms with E-state index < -0.39 is 5.97 Å². The Kier molecular flexibility index (Phi) is 6.73. The monoisotopic (exact) mass is 337 g/mol. The highest BCUT2D eigenvalue weighted by Crippen LogP contribution is 2.34. The van der Waals surface area contributed by atoms with Crippen molar-refractivity contribution in [3.05, 3.63) is 35.6 Å². The van der Waals surface area contributed by atoms with Crippen LogP contribution in [0.4, 0.5) is 4.39 Å². The molecule has 1 aliphatic heterocycles. The normalized spacial score (nSPS) is 16.5. The van der Waals surface area contributed by atoms with Gasteiger partial charge in [0.2, 0.25) is 5.91 Å². The summed E-state index contributed by atoms with van der Waals surface area (Å²) in [5, 5.41) is 11.6. The summed E-state index contributed by atoms with van der Waals surface area (Å²) in [5.41, 5.74) is 0.779. The number of ether oxygens (including phenoxy) is 1. The van der Waals surface area contributed by atoms with Crippen LogP contribution in [-0.4, -0.2) is 36.7 Å². The molecule has 0 bridgehead atoms. The number of benzene rings is 1. The molecular weight excluding hydrogens is 313 g/mol. The number of hydrogen-bond donors (Lipinski definition) is 2. The first kappa shape index (κ1) is 18.4. The predicted octanol–water partition coefficient (Wildman–Crippen LogP) is 2.64. The average molecular weight is 337 g/mol. The van der Waals surface area contributed by atoms with Gasteiger partial charge < -0.3 is 15.2 Å². The summed E-state index contributed by atoms with van der Waals surface area (Å²) >= 11 is 0. The third-order valence-corrected chi connectivity index (χ3v) is 4.57. The molecule has 2 N–H and O–H groups in total. The van der Waals surface area contributed by atoms with Crippen molar-refractivity contribution in [3.63, 3.8) is 0 Å². The van der Waals surface area contributed by atoms with E-state index in [1.165, 1.54) is 12.1 Å². The Morgan fingerprint density at radius 1 is 1.12 bits per heavy atom. The lowest BCUT2D eigenvalue weighted by Crippen LogP contribution is -2.44. The molecule has 1 heterocycles. The molecule has 132 valence electrons. The molecule has 1 aromatic carbocycles. The van der Waals surface area contributed by atoms with E-state index in [1.54, 1.807) is 12.1 Å². The molecule has 1 aliphatic rings. The van der Waals surface area contributed by atoms with Crippen LogP contribution in [0.25, 0.3) is 0 Å². The summed E-state index contributed by atoms with van der Waals surface area (Å²) in [7, 11) is 0. The van der Waals surface area contributed by atoms with Gasteiger partial charge in [0.05, 0.1) is 0 Å². The summed E-state index contributed by atoms with van der Waals surface area (Å²) in [6.07, 6.45) is 3.02. The number of unbranched alkanes of at least 4 members (excludes halogenated alkanes) is 1. The van der Waals surface area contributed by atoms with E-state index in [-0.39, 0.29) is 23.6 Å². The molecule has 0 aliphatic carbocycles. The summed E-state index contributed by atoms with van der Waals surface area (Å²) in [4.78, 5) is 22.5. The molecule has 1 amide bonds. The van der Waals surface area contributed by atoms with Crippen molar-refractivity contribution in [1.82, 2.24) is 5.32 Å². The molecular formula is C18H24FNO4. The molecule has 0 atom stereocenters. The van der Waals surface area contributed by atoms with Crippen LogP contribution in [0.15, 0.2) is 24.3 Å². The van der Waals surface area contributed by atoms with E-state index >= 15 is 0 Å². The molecule has 1 saturated heterocycles. The number of carbonyl (C=O) groups excluding carboxylic acids is 1. The van der Waals surface area contributed by atoms with Crippen molar-refractivity contribution in [2.45, 2.75) is 43.9 Å². The van der Waals surface area contributed by atoms with Gasteiger partial charge in [-0.2, -0.15) is 0 Å². The third kappa shape index (κ3) is 5.30. The largest absolute Gasteiger partial charge is 0.481 e. The SMILES string of the molecule is O=C(O)CCCCC(=O)NCC1(c2ccc(F)cc2)CCOCC1. The molecule has 1 aromatic rings. The number of rotatable bonds is 8. The maximum absolute atomic E-state index is 13.2. The molecule has 2 rings (SSSR count). The Morgan fingerprint density at radius 2 is 1.75 bits per heavy atom. The van der Waals surface area contributed by atoms with Gasteiger partial charge in [-0.05, 0) is 43.4 Å². The number of halogens is 1. The number of carboxylic acid groups (broad SMARTS) is 1. The Balaban J connectivity index is 1.91. The van der Waals surface area contributed by atoms with Gasteiger partial charge in [-0.15, -0.1) is 0 Å².